The lowest BCUT2D eigenvalue weighted by Crippen LogP contribution is -2.43. The minimum atomic E-state index is 0.738. The fourth-order valence-corrected chi connectivity index (χ4v) is 4.64. The van der Waals surface area contributed by atoms with Gasteiger partial charge in [-0.25, -0.2) is 4.98 Å². The molecule has 9 nitrogen and oxygen atoms in total. The van der Waals surface area contributed by atoms with E-state index in [1.54, 1.807) is 0 Å². The van der Waals surface area contributed by atoms with Crippen LogP contribution in [0.1, 0.15) is 5.56 Å². The van der Waals surface area contributed by atoms with E-state index in [1.165, 1.54) is 5.56 Å². The van der Waals surface area contributed by atoms with Crippen LogP contribution in [0.3, 0.4) is 0 Å². The molecule has 3 N–H and O–H groups in total. The zero-order valence-corrected chi connectivity index (χ0v) is 19.3. The Kier molecular flexibility index (Phi) is 5.20. The number of imidazole rings is 1. The Morgan fingerprint density at radius 1 is 0.941 bits per heavy atom. The molecule has 4 aromatic heterocycles. The molecule has 0 unspecified atom stereocenters. The molecule has 1 aromatic carbocycles. The Morgan fingerprint density at radius 2 is 1.79 bits per heavy atom. The van der Waals surface area contributed by atoms with Gasteiger partial charge in [-0.05, 0) is 43.4 Å². The summed E-state index contributed by atoms with van der Waals surface area (Å²) in [6.45, 7) is 4.66. The van der Waals surface area contributed by atoms with Gasteiger partial charge in [-0.2, -0.15) is 5.10 Å². The van der Waals surface area contributed by atoms with Crippen LogP contribution in [0.25, 0.3) is 44.6 Å². The van der Waals surface area contributed by atoms with E-state index < -0.39 is 0 Å². The van der Waals surface area contributed by atoms with Gasteiger partial charge in [0.05, 0.1) is 29.1 Å². The number of fused-ring (bicyclic) bond motifs is 2. The SMILES string of the molecule is CN(C)Cc1cncc(-c2ccc3[nH]nc(-c4nc5c(N6CCNCC6)cncc5[nH]4)c3c2)c1. The number of piperazine rings is 1. The van der Waals surface area contributed by atoms with Crippen LogP contribution in [-0.2, 0) is 6.54 Å². The van der Waals surface area contributed by atoms with Crippen LogP contribution in [0.2, 0.25) is 0 Å². The van der Waals surface area contributed by atoms with Gasteiger partial charge in [0.1, 0.15) is 11.2 Å². The number of H-pyrrole nitrogens is 2. The molecule has 1 aliphatic rings. The molecule has 5 heterocycles. The largest absolute Gasteiger partial charge is 0.366 e. The second kappa shape index (κ2) is 8.51. The summed E-state index contributed by atoms with van der Waals surface area (Å²) in [6.07, 6.45) is 7.57. The number of aromatic amines is 2. The van der Waals surface area contributed by atoms with E-state index in [1.807, 2.05) is 24.8 Å². The fraction of sp³-hybridized carbons (Fsp3) is 0.280. The quantitative estimate of drug-likeness (QED) is 0.376. The highest BCUT2D eigenvalue weighted by atomic mass is 15.2. The Hall–Kier alpha value is -3.82. The van der Waals surface area contributed by atoms with E-state index in [4.69, 9.17) is 4.98 Å². The first-order valence-corrected chi connectivity index (χ1v) is 11.5. The molecule has 1 fully saturated rings. The predicted molar refractivity (Wildman–Crippen MR) is 135 cm³/mol. The average Bonchev–Trinajstić information content (AvgIpc) is 3.48. The van der Waals surface area contributed by atoms with Gasteiger partial charge in [0.2, 0.25) is 0 Å². The van der Waals surface area contributed by atoms with Crippen molar-refractivity contribution in [3.05, 3.63) is 54.6 Å². The number of aromatic nitrogens is 6. The van der Waals surface area contributed by atoms with Crippen molar-refractivity contribution in [3.63, 3.8) is 0 Å². The average molecular weight is 454 g/mol. The summed E-state index contributed by atoms with van der Waals surface area (Å²) in [5, 5.41) is 12.2. The van der Waals surface area contributed by atoms with Gasteiger partial charge >= 0.3 is 0 Å². The molecule has 6 rings (SSSR count). The molecule has 0 aliphatic carbocycles. The smallest absolute Gasteiger partial charge is 0.159 e. The first kappa shape index (κ1) is 20.8. The number of pyridine rings is 2. The van der Waals surface area contributed by atoms with Crippen molar-refractivity contribution in [1.29, 1.82) is 0 Å². The molecule has 0 bridgehead atoms. The van der Waals surface area contributed by atoms with Crippen molar-refractivity contribution < 1.29 is 0 Å². The maximum Gasteiger partial charge on any atom is 0.159 e. The lowest BCUT2D eigenvalue weighted by atomic mass is 10.0. The number of rotatable bonds is 5. The Labute approximate surface area is 197 Å². The fourth-order valence-electron chi connectivity index (χ4n) is 4.64. The third-order valence-corrected chi connectivity index (χ3v) is 6.25. The Bertz CT molecular complexity index is 1460. The molecule has 34 heavy (non-hydrogen) atoms. The Balaban J connectivity index is 1.41. The molecule has 9 heteroatoms. The van der Waals surface area contributed by atoms with Crippen molar-refractivity contribution in [1.82, 2.24) is 40.3 Å². The van der Waals surface area contributed by atoms with Crippen molar-refractivity contribution in [2.24, 2.45) is 0 Å². The summed E-state index contributed by atoms with van der Waals surface area (Å²) in [7, 11) is 4.12. The van der Waals surface area contributed by atoms with E-state index in [0.717, 1.165) is 83.0 Å². The van der Waals surface area contributed by atoms with Crippen LogP contribution in [0.4, 0.5) is 5.69 Å². The second-order valence-electron chi connectivity index (χ2n) is 9.03. The minimum absolute atomic E-state index is 0.738. The maximum atomic E-state index is 4.97. The van der Waals surface area contributed by atoms with Crippen LogP contribution in [0.15, 0.2) is 49.1 Å². The number of hydrogen-bond donors (Lipinski definition) is 3. The van der Waals surface area contributed by atoms with Gasteiger partial charge in [-0.15, -0.1) is 0 Å². The lowest BCUT2D eigenvalue weighted by molar-refractivity contribution is 0.402. The first-order chi connectivity index (χ1) is 16.7. The van der Waals surface area contributed by atoms with E-state index in [9.17, 15) is 0 Å². The van der Waals surface area contributed by atoms with Gasteiger partial charge in [0, 0.05) is 56.1 Å². The number of hydrogen-bond acceptors (Lipinski definition) is 7. The monoisotopic (exact) mass is 453 g/mol. The zero-order valence-electron chi connectivity index (χ0n) is 19.3. The maximum absolute atomic E-state index is 4.97. The molecular weight excluding hydrogens is 426 g/mol. The van der Waals surface area contributed by atoms with Crippen LogP contribution in [-0.4, -0.2) is 75.3 Å². The summed E-state index contributed by atoms with van der Waals surface area (Å²) in [4.78, 5) is 21.8. The summed E-state index contributed by atoms with van der Waals surface area (Å²) in [5.41, 5.74) is 8.05. The normalized spacial score (nSPS) is 14.5. The minimum Gasteiger partial charge on any atom is -0.366 e. The number of nitrogens with one attached hydrogen (secondary N) is 3. The summed E-state index contributed by atoms with van der Waals surface area (Å²) < 4.78 is 0. The molecular formula is C25H27N9. The Morgan fingerprint density at radius 3 is 2.65 bits per heavy atom. The van der Waals surface area contributed by atoms with Crippen molar-refractivity contribution in [2.75, 3.05) is 45.2 Å². The van der Waals surface area contributed by atoms with Crippen LogP contribution >= 0.6 is 0 Å². The van der Waals surface area contributed by atoms with Gasteiger partial charge in [-0.3, -0.25) is 15.1 Å². The third kappa shape index (κ3) is 3.78. The standard InChI is InChI=1S/C25H27N9/c1-33(2)15-16-9-18(12-27-11-16)17-3-4-20-19(10-17)23(32-31-20)25-29-21-13-28-14-22(24(21)30-25)34-7-5-26-6-8-34/h3-4,9-14,26H,5-8,15H2,1-2H3,(H,29,30)(H,31,32). The van der Waals surface area contributed by atoms with Crippen molar-refractivity contribution >= 4 is 27.6 Å². The zero-order chi connectivity index (χ0) is 23.1. The molecule has 5 aromatic rings. The predicted octanol–water partition coefficient (Wildman–Crippen LogP) is 3.03. The topological polar surface area (TPSA) is 102 Å². The summed E-state index contributed by atoms with van der Waals surface area (Å²) in [5.74, 6) is 0.738. The van der Waals surface area contributed by atoms with E-state index in [0.29, 0.717) is 0 Å². The third-order valence-electron chi connectivity index (χ3n) is 6.25. The molecule has 0 saturated carbocycles. The van der Waals surface area contributed by atoms with Crippen LogP contribution in [0.5, 0.6) is 0 Å². The van der Waals surface area contributed by atoms with Gasteiger partial charge in [-0.1, -0.05) is 6.07 Å². The molecule has 0 atom stereocenters. The number of nitrogens with zero attached hydrogens (tertiary/aromatic N) is 6. The second-order valence-corrected chi connectivity index (χ2v) is 9.03. The number of anilines is 1. The van der Waals surface area contributed by atoms with Gasteiger partial charge in [0.15, 0.2) is 5.82 Å². The highest BCUT2D eigenvalue weighted by Crippen LogP contribution is 2.32. The molecule has 172 valence electrons. The first-order valence-electron chi connectivity index (χ1n) is 11.5. The van der Waals surface area contributed by atoms with E-state index in [-0.39, 0.29) is 0 Å². The lowest BCUT2D eigenvalue weighted by Gasteiger charge is -2.29. The summed E-state index contributed by atoms with van der Waals surface area (Å²) in [6, 6.07) is 8.52. The molecule has 1 aliphatic heterocycles. The van der Waals surface area contributed by atoms with Crippen LogP contribution < -0.4 is 10.2 Å². The van der Waals surface area contributed by atoms with Crippen LogP contribution in [0, 0.1) is 0 Å². The van der Waals surface area contributed by atoms with Gasteiger partial charge in [0.25, 0.3) is 0 Å². The highest BCUT2D eigenvalue weighted by Gasteiger charge is 2.19. The summed E-state index contributed by atoms with van der Waals surface area (Å²) >= 11 is 0. The van der Waals surface area contributed by atoms with Crippen molar-refractivity contribution in [2.45, 2.75) is 6.54 Å². The molecule has 0 spiro atoms. The van der Waals surface area contributed by atoms with Crippen molar-refractivity contribution in [3.8, 4) is 22.6 Å². The molecule has 0 amide bonds. The van der Waals surface area contributed by atoms with Gasteiger partial charge < -0.3 is 20.1 Å². The highest BCUT2D eigenvalue weighted by molar-refractivity contribution is 5.97. The number of benzene rings is 1. The molecule has 1 saturated heterocycles. The van der Waals surface area contributed by atoms with E-state index >= 15 is 0 Å². The van der Waals surface area contributed by atoms with E-state index in [2.05, 4.69) is 78.6 Å². The molecule has 0 radical (unpaired) electrons.